The highest BCUT2D eigenvalue weighted by Crippen LogP contribution is 2.33. The molecule has 0 aliphatic rings. The standard InChI is InChI=1S/C18H22FNO/c1-5-20-18(17-12(2)7-6-8-13(17)3)15-11-14(19)9-10-16(15)21-4/h6-11,18,20H,5H2,1-4H3. The van der Waals surface area contributed by atoms with Crippen molar-refractivity contribution in [3.05, 3.63) is 64.5 Å². The van der Waals surface area contributed by atoms with Crippen molar-refractivity contribution in [2.45, 2.75) is 26.8 Å². The number of rotatable bonds is 5. The van der Waals surface area contributed by atoms with Gasteiger partial charge < -0.3 is 10.1 Å². The van der Waals surface area contributed by atoms with Gasteiger partial charge in [0.2, 0.25) is 0 Å². The summed E-state index contributed by atoms with van der Waals surface area (Å²) in [5, 5.41) is 3.45. The first-order valence-corrected chi connectivity index (χ1v) is 7.21. The molecular weight excluding hydrogens is 265 g/mol. The Bertz CT molecular complexity index is 604. The molecule has 21 heavy (non-hydrogen) atoms. The average molecular weight is 287 g/mol. The number of benzene rings is 2. The van der Waals surface area contributed by atoms with Crippen LogP contribution in [0.1, 0.15) is 35.2 Å². The first kappa shape index (κ1) is 15.5. The van der Waals surface area contributed by atoms with Gasteiger partial charge in [-0.15, -0.1) is 0 Å². The summed E-state index contributed by atoms with van der Waals surface area (Å²) in [4.78, 5) is 0. The number of hydrogen-bond donors (Lipinski definition) is 1. The van der Waals surface area contributed by atoms with Gasteiger partial charge in [0.1, 0.15) is 11.6 Å². The summed E-state index contributed by atoms with van der Waals surface area (Å²) in [7, 11) is 1.62. The predicted molar refractivity (Wildman–Crippen MR) is 84.4 cm³/mol. The molecule has 0 spiro atoms. The minimum Gasteiger partial charge on any atom is -0.496 e. The van der Waals surface area contributed by atoms with E-state index in [1.54, 1.807) is 19.2 Å². The Labute approximate surface area is 126 Å². The van der Waals surface area contributed by atoms with Gasteiger partial charge in [-0.1, -0.05) is 25.1 Å². The average Bonchev–Trinajstić information content (AvgIpc) is 2.46. The van der Waals surface area contributed by atoms with E-state index in [-0.39, 0.29) is 11.9 Å². The van der Waals surface area contributed by atoms with Crippen LogP contribution in [-0.4, -0.2) is 13.7 Å². The molecule has 2 rings (SSSR count). The lowest BCUT2D eigenvalue weighted by atomic mass is 9.90. The summed E-state index contributed by atoms with van der Waals surface area (Å²) < 4.78 is 19.1. The summed E-state index contributed by atoms with van der Waals surface area (Å²) in [5.41, 5.74) is 4.39. The van der Waals surface area contributed by atoms with Gasteiger partial charge in [0.25, 0.3) is 0 Å². The summed E-state index contributed by atoms with van der Waals surface area (Å²) >= 11 is 0. The van der Waals surface area contributed by atoms with Crippen molar-refractivity contribution in [3.8, 4) is 5.75 Å². The highest BCUT2D eigenvalue weighted by molar-refractivity contribution is 5.47. The molecule has 2 aromatic carbocycles. The fraction of sp³-hybridized carbons (Fsp3) is 0.333. The maximum absolute atomic E-state index is 13.7. The molecular formula is C18H22FNO. The fourth-order valence-electron chi connectivity index (χ4n) is 2.79. The quantitative estimate of drug-likeness (QED) is 0.892. The van der Waals surface area contributed by atoms with Crippen LogP contribution in [0, 0.1) is 19.7 Å². The van der Waals surface area contributed by atoms with E-state index in [1.165, 1.54) is 22.8 Å². The molecule has 0 saturated carbocycles. The van der Waals surface area contributed by atoms with Crippen LogP contribution >= 0.6 is 0 Å². The van der Waals surface area contributed by atoms with E-state index in [0.29, 0.717) is 5.75 Å². The van der Waals surface area contributed by atoms with Crippen LogP contribution in [0.5, 0.6) is 5.75 Å². The van der Waals surface area contributed by atoms with Crippen LogP contribution in [0.25, 0.3) is 0 Å². The topological polar surface area (TPSA) is 21.3 Å². The van der Waals surface area contributed by atoms with Gasteiger partial charge in [0, 0.05) is 5.56 Å². The van der Waals surface area contributed by atoms with Gasteiger partial charge in [-0.2, -0.15) is 0 Å². The molecule has 0 aliphatic carbocycles. The number of nitrogens with one attached hydrogen (secondary N) is 1. The van der Waals surface area contributed by atoms with Crippen molar-refractivity contribution in [2.24, 2.45) is 0 Å². The zero-order chi connectivity index (χ0) is 15.4. The third-order valence-electron chi connectivity index (χ3n) is 3.74. The van der Waals surface area contributed by atoms with E-state index in [4.69, 9.17) is 4.74 Å². The Kier molecular flexibility index (Phi) is 4.97. The molecule has 0 fully saturated rings. The van der Waals surface area contributed by atoms with E-state index in [1.807, 2.05) is 13.0 Å². The van der Waals surface area contributed by atoms with Gasteiger partial charge in [-0.05, 0) is 55.3 Å². The Morgan fingerprint density at radius 3 is 2.38 bits per heavy atom. The zero-order valence-electron chi connectivity index (χ0n) is 13.0. The number of methoxy groups -OCH3 is 1. The molecule has 0 aromatic heterocycles. The van der Waals surface area contributed by atoms with Crippen LogP contribution < -0.4 is 10.1 Å². The molecule has 0 bridgehead atoms. The molecule has 1 unspecified atom stereocenters. The molecule has 2 aromatic rings. The molecule has 0 radical (unpaired) electrons. The molecule has 0 heterocycles. The molecule has 3 heteroatoms. The van der Waals surface area contributed by atoms with E-state index >= 15 is 0 Å². The van der Waals surface area contributed by atoms with E-state index in [9.17, 15) is 4.39 Å². The maximum atomic E-state index is 13.7. The minimum absolute atomic E-state index is 0.0816. The first-order valence-electron chi connectivity index (χ1n) is 7.21. The number of aryl methyl sites for hydroxylation is 2. The maximum Gasteiger partial charge on any atom is 0.124 e. The molecule has 0 aliphatic heterocycles. The molecule has 1 atom stereocenters. The second-order valence-corrected chi connectivity index (χ2v) is 5.18. The SMILES string of the molecule is CCNC(c1cc(F)ccc1OC)c1c(C)cccc1C. The van der Waals surface area contributed by atoms with Gasteiger partial charge in [0.15, 0.2) is 0 Å². The molecule has 0 saturated heterocycles. The summed E-state index contributed by atoms with van der Waals surface area (Å²) in [6.45, 7) is 7.00. The van der Waals surface area contributed by atoms with E-state index in [0.717, 1.165) is 12.1 Å². The Hall–Kier alpha value is -1.87. The van der Waals surface area contributed by atoms with Crippen LogP contribution in [-0.2, 0) is 0 Å². The monoisotopic (exact) mass is 287 g/mol. The second kappa shape index (κ2) is 6.72. The van der Waals surface area contributed by atoms with Crippen molar-refractivity contribution in [2.75, 3.05) is 13.7 Å². The van der Waals surface area contributed by atoms with E-state index < -0.39 is 0 Å². The smallest absolute Gasteiger partial charge is 0.124 e. The van der Waals surface area contributed by atoms with E-state index in [2.05, 4.69) is 31.3 Å². The van der Waals surface area contributed by atoms with Crippen molar-refractivity contribution < 1.29 is 9.13 Å². The van der Waals surface area contributed by atoms with Crippen LogP contribution in [0.2, 0.25) is 0 Å². The van der Waals surface area contributed by atoms with Crippen LogP contribution in [0.4, 0.5) is 4.39 Å². The van der Waals surface area contributed by atoms with Gasteiger partial charge in [0.05, 0.1) is 13.2 Å². The van der Waals surface area contributed by atoms with Gasteiger partial charge >= 0.3 is 0 Å². The minimum atomic E-state index is -0.250. The highest BCUT2D eigenvalue weighted by atomic mass is 19.1. The molecule has 1 N–H and O–H groups in total. The third-order valence-corrected chi connectivity index (χ3v) is 3.74. The summed E-state index contributed by atoms with van der Waals surface area (Å²) in [6, 6.07) is 10.8. The lowest BCUT2D eigenvalue weighted by Crippen LogP contribution is -2.24. The van der Waals surface area contributed by atoms with Gasteiger partial charge in [-0.25, -0.2) is 4.39 Å². The lowest BCUT2D eigenvalue weighted by Gasteiger charge is -2.24. The number of hydrogen-bond acceptors (Lipinski definition) is 2. The third kappa shape index (κ3) is 3.24. The largest absolute Gasteiger partial charge is 0.496 e. The Balaban J connectivity index is 2.61. The predicted octanol–water partition coefficient (Wildman–Crippen LogP) is 4.15. The zero-order valence-corrected chi connectivity index (χ0v) is 13.0. The number of ether oxygens (including phenoxy) is 1. The van der Waals surface area contributed by atoms with Gasteiger partial charge in [-0.3, -0.25) is 0 Å². The van der Waals surface area contributed by atoms with Crippen molar-refractivity contribution in [1.82, 2.24) is 5.32 Å². The normalized spacial score (nSPS) is 12.2. The van der Waals surface area contributed by atoms with Crippen LogP contribution in [0.3, 0.4) is 0 Å². The lowest BCUT2D eigenvalue weighted by molar-refractivity contribution is 0.402. The molecule has 2 nitrogen and oxygen atoms in total. The Morgan fingerprint density at radius 2 is 1.81 bits per heavy atom. The fourth-order valence-corrected chi connectivity index (χ4v) is 2.79. The van der Waals surface area contributed by atoms with Crippen molar-refractivity contribution in [1.29, 1.82) is 0 Å². The second-order valence-electron chi connectivity index (χ2n) is 5.18. The summed E-state index contributed by atoms with van der Waals surface area (Å²) in [6.07, 6.45) is 0. The van der Waals surface area contributed by atoms with Crippen molar-refractivity contribution in [3.63, 3.8) is 0 Å². The molecule has 112 valence electrons. The van der Waals surface area contributed by atoms with Crippen LogP contribution in [0.15, 0.2) is 36.4 Å². The number of halogens is 1. The molecule has 0 amide bonds. The highest BCUT2D eigenvalue weighted by Gasteiger charge is 2.21. The Morgan fingerprint density at radius 1 is 1.14 bits per heavy atom. The van der Waals surface area contributed by atoms with Crippen molar-refractivity contribution >= 4 is 0 Å². The summed E-state index contributed by atoms with van der Waals surface area (Å²) in [5.74, 6) is 0.449. The first-order chi connectivity index (χ1) is 10.1.